The summed E-state index contributed by atoms with van der Waals surface area (Å²) in [7, 11) is 3.77. The summed E-state index contributed by atoms with van der Waals surface area (Å²) in [5.74, 6) is 0.483. The molecule has 1 unspecified atom stereocenters. The normalized spacial score (nSPS) is 13.1. The van der Waals surface area contributed by atoms with Crippen LogP contribution in [0.2, 0.25) is 0 Å². The summed E-state index contributed by atoms with van der Waals surface area (Å²) >= 11 is 0. The second kappa shape index (κ2) is 7.56. The Hall–Kier alpha value is -0.830. The summed E-state index contributed by atoms with van der Waals surface area (Å²) < 4.78 is 0. The van der Waals surface area contributed by atoms with Gasteiger partial charge in [-0.1, -0.05) is 33.3 Å². The number of allylic oxidation sites excluding steroid dienone is 1. The van der Waals surface area contributed by atoms with Crippen molar-refractivity contribution in [3.05, 3.63) is 12.3 Å². The van der Waals surface area contributed by atoms with Gasteiger partial charge in [0.05, 0.1) is 0 Å². The van der Waals surface area contributed by atoms with Crippen LogP contribution in [-0.2, 0) is 0 Å². The lowest BCUT2D eigenvalue weighted by Crippen LogP contribution is -2.29. The van der Waals surface area contributed by atoms with E-state index in [1.54, 1.807) is 11.3 Å². The quantitative estimate of drug-likeness (QED) is 0.385. The Morgan fingerprint density at radius 2 is 2.29 bits per heavy atom. The zero-order chi connectivity index (χ0) is 11.0. The van der Waals surface area contributed by atoms with E-state index < -0.39 is 0 Å². The molecule has 1 atom stereocenters. The van der Waals surface area contributed by atoms with Gasteiger partial charge in [0, 0.05) is 19.8 Å². The molecule has 3 heteroatoms. The van der Waals surface area contributed by atoms with Gasteiger partial charge in [-0.25, -0.2) is 10.4 Å². The molecule has 0 spiro atoms. The lowest BCUT2D eigenvalue weighted by atomic mass is 10.0. The average molecular weight is 197 g/mol. The fraction of sp³-hybridized carbons (Fsp3) is 0.727. The molecule has 0 radical (unpaired) electrons. The highest BCUT2D eigenvalue weighted by molar-refractivity contribution is 5.55. The van der Waals surface area contributed by atoms with Crippen molar-refractivity contribution in [1.29, 1.82) is 0 Å². The van der Waals surface area contributed by atoms with Crippen LogP contribution in [0.15, 0.2) is 17.3 Å². The number of hydrogen-bond donors (Lipinski definition) is 1. The second-order valence-corrected chi connectivity index (χ2v) is 3.61. The van der Waals surface area contributed by atoms with E-state index in [1.807, 2.05) is 14.1 Å². The molecule has 0 fully saturated rings. The Morgan fingerprint density at radius 3 is 2.79 bits per heavy atom. The molecule has 82 valence electrons. The number of hydrogen-bond acceptors (Lipinski definition) is 2. The highest BCUT2D eigenvalue weighted by atomic mass is 15.5. The molecular weight excluding hydrogens is 174 g/mol. The molecular formula is C11H23N3. The predicted octanol–water partition coefficient (Wildman–Crippen LogP) is 2.42. The summed E-state index contributed by atoms with van der Waals surface area (Å²) in [5, 5.41) is 1.80. The zero-order valence-electron chi connectivity index (χ0n) is 9.88. The molecule has 0 bridgehead atoms. The molecule has 0 heterocycles. The van der Waals surface area contributed by atoms with Crippen molar-refractivity contribution in [3.63, 3.8) is 0 Å². The fourth-order valence-electron chi connectivity index (χ4n) is 1.02. The maximum atomic E-state index is 4.29. The van der Waals surface area contributed by atoms with Gasteiger partial charge in [0.25, 0.3) is 0 Å². The zero-order valence-corrected chi connectivity index (χ0v) is 9.88. The largest absolute Gasteiger partial charge is 0.302 e. The van der Waals surface area contributed by atoms with Crippen LogP contribution in [-0.4, -0.2) is 25.4 Å². The minimum Gasteiger partial charge on any atom is -0.302 e. The number of aliphatic imine (C=N–C) groups is 1. The maximum absolute atomic E-state index is 4.29. The average Bonchev–Trinajstić information content (AvgIpc) is 2.21. The molecule has 0 aromatic carbocycles. The van der Waals surface area contributed by atoms with E-state index in [0.717, 1.165) is 5.70 Å². The van der Waals surface area contributed by atoms with Gasteiger partial charge in [-0.3, -0.25) is 0 Å². The summed E-state index contributed by atoms with van der Waals surface area (Å²) in [4.78, 5) is 4.29. The SMILES string of the molecule is C=C(N=CN(C)NC)C(C)CCCC. The number of unbranched alkanes of at least 4 members (excludes halogenated alkanes) is 1. The van der Waals surface area contributed by atoms with Crippen molar-refractivity contribution in [3.8, 4) is 0 Å². The third kappa shape index (κ3) is 5.75. The van der Waals surface area contributed by atoms with Gasteiger partial charge in [0.2, 0.25) is 0 Å². The van der Waals surface area contributed by atoms with Crippen LogP contribution in [0.3, 0.4) is 0 Å². The van der Waals surface area contributed by atoms with Crippen LogP contribution in [0.1, 0.15) is 33.1 Å². The maximum Gasteiger partial charge on any atom is 0.105 e. The Bertz CT molecular complexity index is 187. The Kier molecular flexibility index (Phi) is 7.11. The van der Waals surface area contributed by atoms with Crippen LogP contribution < -0.4 is 5.43 Å². The lowest BCUT2D eigenvalue weighted by Gasteiger charge is -2.13. The summed E-state index contributed by atoms with van der Waals surface area (Å²) in [6, 6.07) is 0. The van der Waals surface area contributed by atoms with Gasteiger partial charge in [0.1, 0.15) is 6.34 Å². The van der Waals surface area contributed by atoms with E-state index in [0.29, 0.717) is 5.92 Å². The van der Waals surface area contributed by atoms with Crippen LogP contribution in [0, 0.1) is 5.92 Å². The standard InChI is InChI=1S/C11H23N3/c1-6-7-8-10(2)11(3)13-9-14(5)12-4/h9-10,12H,3,6-8H2,1-2,4-5H3. The van der Waals surface area contributed by atoms with Crippen molar-refractivity contribution in [2.45, 2.75) is 33.1 Å². The second-order valence-electron chi connectivity index (χ2n) is 3.61. The van der Waals surface area contributed by atoms with Crippen molar-refractivity contribution in [2.24, 2.45) is 10.9 Å². The predicted molar refractivity (Wildman–Crippen MR) is 63.1 cm³/mol. The van der Waals surface area contributed by atoms with E-state index in [4.69, 9.17) is 0 Å². The summed E-state index contributed by atoms with van der Waals surface area (Å²) in [6.07, 6.45) is 5.41. The molecule has 14 heavy (non-hydrogen) atoms. The van der Waals surface area contributed by atoms with Crippen LogP contribution in [0.5, 0.6) is 0 Å². The van der Waals surface area contributed by atoms with Crippen molar-refractivity contribution in [1.82, 2.24) is 10.4 Å². The van der Waals surface area contributed by atoms with Crippen LogP contribution in [0.4, 0.5) is 0 Å². The minimum absolute atomic E-state index is 0.483. The fourth-order valence-corrected chi connectivity index (χ4v) is 1.02. The summed E-state index contributed by atoms with van der Waals surface area (Å²) in [5.41, 5.74) is 3.90. The first-order valence-corrected chi connectivity index (χ1v) is 5.25. The monoisotopic (exact) mass is 197 g/mol. The van der Waals surface area contributed by atoms with Gasteiger partial charge in [0.15, 0.2) is 0 Å². The molecule has 1 N–H and O–H groups in total. The highest BCUT2D eigenvalue weighted by Gasteiger charge is 2.03. The molecule has 3 nitrogen and oxygen atoms in total. The van der Waals surface area contributed by atoms with Gasteiger partial charge in [-0.05, 0) is 12.3 Å². The van der Waals surface area contributed by atoms with E-state index >= 15 is 0 Å². The smallest absolute Gasteiger partial charge is 0.105 e. The third-order valence-electron chi connectivity index (χ3n) is 2.31. The van der Waals surface area contributed by atoms with Crippen LogP contribution >= 0.6 is 0 Å². The number of rotatable bonds is 7. The molecule has 0 aromatic rings. The third-order valence-corrected chi connectivity index (χ3v) is 2.31. The number of nitrogens with zero attached hydrogens (tertiary/aromatic N) is 2. The first-order valence-electron chi connectivity index (χ1n) is 5.25. The Morgan fingerprint density at radius 1 is 1.64 bits per heavy atom. The van der Waals surface area contributed by atoms with Gasteiger partial charge in [-0.15, -0.1) is 0 Å². The van der Waals surface area contributed by atoms with E-state index in [1.165, 1.54) is 19.3 Å². The number of hydrazine groups is 1. The van der Waals surface area contributed by atoms with Gasteiger partial charge >= 0.3 is 0 Å². The lowest BCUT2D eigenvalue weighted by molar-refractivity contribution is 0.420. The van der Waals surface area contributed by atoms with Gasteiger partial charge in [-0.2, -0.15) is 0 Å². The highest BCUT2D eigenvalue weighted by Crippen LogP contribution is 2.16. The Labute approximate surface area is 87.9 Å². The topological polar surface area (TPSA) is 27.6 Å². The van der Waals surface area contributed by atoms with Crippen molar-refractivity contribution < 1.29 is 0 Å². The number of nitrogens with one attached hydrogen (secondary N) is 1. The van der Waals surface area contributed by atoms with E-state index in [9.17, 15) is 0 Å². The molecule has 0 aliphatic heterocycles. The Balaban J connectivity index is 3.88. The van der Waals surface area contributed by atoms with E-state index in [2.05, 4.69) is 30.8 Å². The van der Waals surface area contributed by atoms with Crippen molar-refractivity contribution in [2.75, 3.05) is 14.1 Å². The first-order chi connectivity index (χ1) is 6.61. The molecule has 0 saturated carbocycles. The molecule has 0 amide bonds. The minimum atomic E-state index is 0.483. The molecule has 0 aliphatic rings. The molecule has 0 aromatic heterocycles. The van der Waals surface area contributed by atoms with Crippen molar-refractivity contribution >= 4 is 6.34 Å². The summed E-state index contributed by atoms with van der Waals surface area (Å²) in [6.45, 7) is 8.34. The van der Waals surface area contributed by atoms with Crippen LogP contribution in [0.25, 0.3) is 0 Å². The van der Waals surface area contributed by atoms with E-state index in [-0.39, 0.29) is 0 Å². The molecule has 0 rings (SSSR count). The molecule has 0 saturated heterocycles. The molecule has 0 aliphatic carbocycles. The first kappa shape index (κ1) is 13.2. The van der Waals surface area contributed by atoms with Gasteiger partial charge < -0.3 is 5.01 Å².